The van der Waals surface area contributed by atoms with Gasteiger partial charge in [-0.3, -0.25) is 4.79 Å². The first-order valence-electron chi connectivity index (χ1n) is 6.48. The lowest BCUT2D eigenvalue weighted by atomic mass is 10.3. The summed E-state index contributed by atoms with van der Waals surface area (Å²) in [6, 6.07) is 2.97. The zero-order valence-corrected chi connectivity index (χ0v) is 13.0. The molecule has 0 atom stereocenters. The van der Waals surface area contributed by atoms with Crippen LogP contribution in [0.3, 0.4) is 0 Å². The number of carbonyl (C=O) groups is 1. The third-order valence-corrected chi connectivity index (χ3v) is 3.91. The summed E-state index contributed by atoms with van der Waals surface area (Å²) < 4.78 is 35.1. The molecule has 0 saturated carbocycles. The molecule has 0 aliphatic rings. The summed E-state index contributed by atoms with van der Waals surface area (Å²) in [5.41, 5.74) is 0. The molecule has 120 valence electrons. The van der Waals surface area contributed by atoms with Crippen LogP contribution in [0.2, 0.25) is 0 Å². The van der Waals surface area contributed by atoms with Crippen molar-refractivity contribution in [3.8, 4) is 0 Å². The average Bonchev–Trinajstić information content (AvgIpc) is 2.93. The summed E-state index contributed by atoms with van der Waals surface area (Å²) in [5.74, 6) is 0.418. The van der Waals surface area contributed by atoms with E-state index in [0.29, 0.717) is 38.4 Å². The smallest absolute Gasteiger partial charge is 0.273 e. The lowest BCUT2D eigenvalue weighted by molar-refractivity contribution is -0.121. The Morgan fingerprint density at radius 3 is 2.76 bits per heavy atom. The number of carbonyl (C=O) groups excluding carboxylic acids is 1. The summed E-state index contributed by atoms with van der Waals surface area (Å²) >= 11 is 0. The Balaban J connectivity index is 2.26. The number of amides is 1. The van der Waals surface area contributed by atoms with Crippen molar-refractivity contribution >= 4 is 15.9 Å². The molecular formula is C12H21N3O5S. The van der Waals surface area contributed by atoms with Crippen LogP contribution in [0, 0.1) is 0 Å². The highest BCUT2D eigenvalue weighted by molar-refractivity contribution is 7.89. The molecule has 0 saturated heterocycles. The van der Waals surface area contributed by atoms with E-state index in [-0.39, 0.29) is 11.0 Å². The second-order valence-corrected chi connectivity index (χ2v) is 6.02. The van der Waals surface area contributed by atoms with E-state index in [1.165, 1.54) is 13.1 Å². The van der Waals surface area contributed by atoms with Gasteiger partial charge in [0.05, 0.1) is 13.2 Å². The normalized spacial score (nSPS) is 11.5. The summed E-state index contributed by atoms with van der Waals surface area (Å²) in [5, 5.41) is 5.58. The molecule has 1 rings (SSSR count). The molecule has 0 aliphatic heterocycles. The Morgan fingerprint density at radius 2 is 2.10 bits per heavy atom. The molecule has 0 bridgehead atoms. The lowest BCUT2D eigenvalue weighted by Gasteiger charge is -2.05. The van der Waals surface area contributed by atoms with Crippen molar-refractivity contribution < 1.29 is 22.4 Å². The molecule has 1 aromatic rings. The Morgan fingerprint density at radius 1 is 1.33 bits per heavy atom. The van der Waals surface area contributed by atoms with Gasteiger partial charge in [0.1, 0.15) is 5.76 Å². The minimum absolute atomic E-state index is 0.0718. The fourth-order valence-corrected chi connectivity index (χ4v) is 2.16. The van der Waals surface area contributed by atoms with Gasteiger partial charge in [0.15, 0.2) is 0 Å². The molecule has 1 amide bonds. The van der Waals surface area contributed by atoms with E-state index in [4.69, 9.17) is 9.15 Å². The van der Waals surface area contributed by atoms with Gasteiger partial charge in [0.25, 0.3) is 10.0 Å². The van der Waals surface area contributed by atoms with Crippen LogP contribution in [0.25, 0.3) is 0 Å². The largest absolute Gasteiger partial charge is 0.447 e. The Hall–Kier alpha value is -1.42. The van der Waals surface area contributed by atoms with E-state index in [0.717, 1.165) is 0 Å². The van der Waals surface area contributed by atoms with E-state index in [2.05, 4.69) is 15.4 Å². The molecule has 0 aromatic carbocycles. The highest BCUT2D eigenvalue weighted by Gasteiger charge is 2.15. The van der Waals surface area contributed by atoms with Crippen LogP contribution < -0.4 is 15.4 Å². The fraction of sp³-hybridized carbons (Fsp3) is 0.583. The van der Waals surface area contributed by atoms with Gasteiger partial charge in [-0.1, -0.05) is 0 Å². The van der Waals surface area contributed by atoms with Crippen molar-refractivity contribution in [3.63, 3.8) is 0 Å². The molecule has 8 nitrogen and oxygen atoms in total. The number of ether oxygens (including phenoxy) is 1. The number of hydrogen-bond acceptors (Lipinski definition) is 6. The number of nitrogens with one attached hydrogen (secondary N) is 3. The SMILES string of the molecule is CNS(=O)(=O)c1ccc(CNCCC(=O)NCCOC)o1. The maximum absolute atomic E-state index is 11.5. The summed E-state index contributed by atoms with van der Waals surface area (Å²) in [6.07, 6.45) is 0.325. The molecule has 0 radical (unpaired) electrons. The van der Waals surface area contributed by atoms with Gasteiger partial charge >= 0.3 is 0 Å². The van der Waals surface area contributed by atoms with Crippen molar-refractivity contribution in [1.29, 1.82) is 0 Å². The second-order valence-electron chi connectivity index (χ2n) is 4.20. The molecule has 21 heavy (non-hydrogen) atoms. The van der Waals surface area contributed by atoms with E-state index in [1.54, 1.807) is 13.2 Å². The number of rotatable bonds is 10. The zero-order chi connectivity index (χ0) is 15.7. The van der Waals surface area contributed by atoms with Crippen LogP contribution >= 0.6 is 0 Å². The molecule has 0 unspecified atom stereocenters. The number of hydrogen-bond donors (Lipinski definition) is 3. The van der Waals surface area contributed by atoms with Crippen LogP contribution in [0.4, 0.5) is 0 Å². The topological polar surface area (TPSA) is 110 Å². The van der Waals surface area contributed by atoms with Crippen molar-refractivity contribution in [3.05, 3.63) is 17.9 Å². The monoisotopic (exact) mass is 319 g/mol. The molecule has 0 fully saturated rings. The fourth-order valence-electron chi connectivity index (χ4n) is 1.49. The highest BCUT2D eigenvalue weighted by atomic mass is 32.2. The third-order valence-electron chi connectivity index (χ3n) is 2.63. The quantitative estimate of drug-likeness (QED) is 0.498. The molecule has 3 N–H and O–H groups in total. The molecular weight excluding hydrogens is 298 g/mol. The van der Waals surface area contributed by atoms with E-state index in [9.17, 15) is 13.2 Å². The first-order chi connectivity index (χ1) is 9.99. The number of furan rings is 1. The Bertz CT molecular complexity index is 541. The first-order valence-corrected chi connectivity index (χ1v) is 7.96. The summed E-state index contributed by atoms with van der Waals surface area (Å²) in [4.78, 5) is 11.4. The van der Waals surface area contributed by atoms with E-state index < -0.39 is 10.0 Å². The standard InChI is InChI=1S/C12H21N3O5S/c1-13-21(17,18)12-4-3-10(20-12)9-14-6-5-11(16)15-7-8-19-2/h3-4,13-14H,5-9H2,1-2H3,(H,15,16). The van der Waals surface area contributed by atoms with Crippen molar-refractivity contribution in [2.75, 3.05) is 33.9 Å². The van der Waals surface area contributed by atoms with Crippen LogP contribution in [0.5, 0.6) is 0 Å². The molecule has 9 heteroatoms. The molecule has 0 spiro atoms. The van der Waals surface area contributed by atoms with Gasteiger partial charge in [0, 0.05) is 26.6 Å². The Labute approximate surface area is 124 Å². The maximum Gasteiger partial charge on any atom is 0.273 e. The van der Waals surface area contributed by atoms with Crippen molar-refractivity contribution in [2.24, 2.45) is 0 Å². The molecule has 1 heterocycles. The van der Waals surface area contributed by atoms with Gasteiger partial charge in [0.2, 0.25) is 11.0 Å². The van der Waals surface area contributed by atoms with E-state index in [1.807, 2.05) is 0 Å². The highest BCUT2D eigenvalue weighted by Crippen LogP contribution is 2.12. The summed E-state index contributed by atoms with van der Waals surface area (Å²) in [7, 11) is -0.668. The second kappa shape index (κ2) is 8.78. The van der Waals surface area contributed by atoms with Crippen LogP contribution in [0.1, 0.15) is 12.2 Å². The van der Waals surface area contributed by atoms with Crippen molar-refractivity contribution in [1.82, 2.24) is 15.4 Å². The first kappa shape index (κ1) is 17.6. The number of sulfonamides is 1. The van der Waals surface area contributed by atoms with Gasteiger partial charge in [-0.2, -0.15) is 0 Å². The van der Waals surface area contributed by atoms with Gasteiger partial charge in [-0.15, -0.1) is 0 Å². The molecule has 0 aliphatic carbocycles. The van der Waals surface area contributed by atoms with Crippen LogP contribution in [-0.2, 0) is 26.1 Å². The van der Waals surface area contributed by atoms with Gasteiger partial charge < -0.3 is 19.8 Å². The van der Waals surface area contributed by atoms with E-state index >= 15 is 0 Å². The number of methoxy groups -OCH3 is 1. The summed E-state index contributed by atoms with van der Waals surface area (Å²) in [6.45, 7) is 1.78. The molecule has 1 aromatic heterocycles. The minimum atomic E-state index is -3.55. The van der Waals surface area contributed by atoms with Gasteiger partial charge in [-0.25, -0.2) is 13.1 Å². The predicted molar refractivity (Wildman–Crippen MR) is 76.2 cm³/mol. The average molecular weight is 319 g/mol. The van der Waals surface area contributed by atoms with Crippen LogP contribution in [0.15, 0.2) is 21.6 Å². The van der Waals surface area contributed by atoms with Crippen molar-refractivity contribution in [2.45, 2.75) is 18.1 Å². The zero-order valence-electron chi connectivity index (χ0n) is 12.1. The lowest BCUT2D eigenvalue weighted by Crippen LogP contribution is -2.29. The third kappa shape index (κ3) is 6.25. The minimum Gasteiger partial charge on any atom is -0.447 e. The Kier molecular flexibility index (Phi) is 7.37. The predicted octanol–water partition coefficient (Wildman–Crippen LogP) is -0.570. The maximum atomic E-state index is 11.5. The van der Waals surface area contributed by atoms with Crippen LogP contribution in [-0.4, -0.2) is 48.2 Å². The van der Waals surface area contributed by atoms with Gasteiger partial charge in [-0.05, 0) is 19.2 Å².